The lowest BCUT2D eigenvalue weighted by Gasteiger charge is -2.58. The van der Waals surface area contributed by atoms with Gasteiger partial charge in [0.15, 0.2) is 0 Å². The van der Waals surface area contributed by atoms with Gasteiger partial charge in [-0.25, -0.2) is 4.98 Å². The Morgan fingerprint density at radius 3 is 2.80 bits per heavy atom. The van der Waals surface area contributed by atoms with Crippen molar-refractivity contribution in [3.63, 3.8) is 0 Å². The summed E-state index contributed by atoms with van der Waals surface area (Å²) in [5, 5.41) is 29.4. The smallest absolute Gasteiger partial charge is 0.220 e. The Bertz CT molecular complexity index is 910. The molecule has 2 aromatic rings. The fourth-order valence-electron chi connectivity index (χ4n) is 5.72. The lowest BCUT2D eigenvalue weighted by atomic mass is 9.47. The van der Waals surface area contributed by atoms with Gasteiger partial charge in [0.25, 0.3) is 0 Å². The number of hydrogen-bond donors (Lipinski definition) is 3. The summed E-state index contributed by atoms with van der Waals surface area (Å²) in [6.45, 7) is 8.16. The van der Waals surface area contributed by atoms with Crippen molar-refractivity contribution in [2.75, 3.05) is 6.61 Å². The minimum atomic E-state index is -0.579. The van der Waals surface area contributed by atoms with Crippen molar-refractivity contribution in [2.24, 2.45) is 16.7 Å². The number of aliphatic hydroxyl groups excluding tert-OH is 2. The molecule has 5 atom stereocenters. The number of nitrogens with one attached hydrogen (secondary N) is 1. The first-order chi connectivity index (χ1) is 14.2. The fourth-order valence-corrected chi connectivity index (χ4v) is 7.60. The third-order valence-electron chi connectivity index (χ3n) is 7.50. The van der Waals surface area contributed by atoms with Gasteiger partial charge in [-0.15, -0.1) is 11.3 Å². The Kier molecular flexibility index (Phi) is 5.85. The third-order valence-corrected chi connectivity index (χ3v) is 9.33. The second-order valence-electron chi connectivity index (χ2n) is 9.80. The number of thiazole rings is 1. The number of carbonyl (C=O) groups excluding carboxylic acids is 1. The van der Waals surface area contributed by atoms with Crippen molar-refractivity contribution in [2.45, 2.75) is 71.4 Å². The Labute approximate surface area is 186 Å². The van der Waals surface area contributed by atoms with E-state index in [1.54, 1.807) is 22.7 Å². The van der Waals surface area contributed by atoms with E-state index in [1.165, 1.54) is 4.88 Å². The highest BCUT2D eigenvalue weighted by atomic mass is 32.1. The van der Waals surface area contributed by atoms with Crippen molar-refractivity contribution < 1.29 is 15.0 Å². The molecule has 2 aliphatic carbocycles. The number of aromatic nitrogens is 1. The summed E-state index contributed by atoms with van der Waals surface area (Å²) in [7, 11) is 0. The molecule has 1 amide bonds. The van der Waals surface area contributed by atoms with Gasteiger partial charge >= 0.3 is 0 Å². The van der Waals surface area contributed by atoms with Gasteiger partial charge in [0.05, 0.1) is 18.4 Å². The highest BCUT2D eigenvalue weighted by Gasteiger charge is 2.59. The van der Waals surface area contributed by atoms with Crippen LogP contribution in [0.1, 0.15) is 63.4 Å². The van der Waals surface area contributed by atoms with Crippen molar-refractivity contribution >= 4 is 28.6 Å². The average molecular weight is 449 g/mol. The molecule has 164 valence electrons. The predicted octanol–water partition coefficient (Wildman–Crippen LogP) is 4.20. The number of amides is 1. The van der Waals surface area contributed by atoms with Gasteiger partial charge in [-0.05, 0) is 55.9 Å². The SMILES string of the molecule is CC(C)NC(=O)CC1c2nc(-c3ccsc3)sc2CC2C(C)(CO)C(O)CCC12C. The van der Waals surface area contributed by atoms with Gasteiger partial charge in [0.2, 0.25) is 5.91 Å². The second kappa shape index (κ2) is 8.01. The molecule has 0 aliphatic heterocycles. The molecule has 4 rings (SSSR count). The van der Waals surface area contributed by atoms with Crippen LogP contribution < -0.4 is 5.32 Å². The van der Waals surface area contributed by atoms with E-state index in [4.69, 9.17) is 4.98 Å². The molecule has 3 N–H and O–H groups in total. The van der Waals surface area contributed by atoms with Crippen molar-refractivity contribution in [1.29, 1.82) is 0 Å². The van der Waals surface area contributed by atoms with Gasteiger partial charge in [-0.3, -0.25) is 4.79 Å². The van der Waals surface area contributed by atoms with Gasteiger partial charge in [0.1, 0.15) is 5.01 Å². The van der Waals surface area contributed by atoms with Crippen LogP contribution >= 0.6 is 22.7 Å². The van der Waals surface area contributed by atoms with E-state index < -0.39 is 11.5 Å². The second-order valence-corrected chi connectivity index (χ2v) is 11.7. The molecule has 0 radical (unpaired) electrons. The molecule has 1 saturated carbocycles. The molecule has 1 fully saturated rings. The first-order valence-corrected chi connectivity index (χ1v) is 12.6. The summed E-state index contributed by atoms with van der Waals surface area (Å²) in [5.74, 6) is 0.121. The molecular formula is C23H32N2O3S2. The lowest BCUT2D eigenvalue weighted by Crippen LogP contribution is -2.57. The Hall–Kier alpha value is -1.28. The molecule has 30 heavy (non-hydrogen) atoms. The fraction of sp³-hybridized carbons (Fsp3) is 0.652. The van der Waals surface area contributed by atoms with E-state index in [0.717, 1.165) is 29.1 Å². The molecule has 2 aromatic heterocycles. The number of aliphatic hydroxyl groups is 2. The maximum atomic E-state index is 12.8. The summed E-state index contributed by atoms with van der Waals surface area (Å²) in [5.41, 5.74) is 1.40. The van der Waals surface area contributed by atoms with E-state index in [2.05, 4.69) is 29.1 Å². The highest BCUT2D eigenvalue weighted by molar-refractivity contribution is 7.15. The maximum Gasteiger partial charge on any atom is 0.220 e. The molecule has 0 aromatic carbocycles. The molecule has 2 aliphatic rings. The first kappa shape index (κ1) is 21.9. The van der Waals surface area contributed by atoms with Gasteiger partial charge < -0.3 is 15.5 Å². The Morgan fingerprint density at radius 1 is 1.40 bits per heavy atom. The zero-order valence-corrected chi connectivity index (χ0v) is 19.8. The van der Waals surface area contributed by atoms with Gasteiger partial charge in [0, 0.05) is 39.6 Å². The summed E-state index contributed by atoms with van der Waals surface area (Å²) in [6, 6.07) is 2.18. The van der Waals surface area contributed by atoms with Crippen molar-refractivity contribution in [3.8, 4) is 10.6 Å². The largest absolute Gasteiger partial charge is 0.396 e. The number of carbonyl (C=O) groups is 1. The first-order valence-electron chi connectivity index (χ1n) is 10.8. The molecule has 5 unspecified atom stereocenters. The number of nitrogens with zero attached hydrogens (tertiary/aromatic N) is 1. The summed E-state index contributed by atoms with van der Waals surface area (Å²) in [6.07, 6.45) is 2.13. The maximum absolute atomic E-state index is 12.8. The standard InChI is InChI=1S/C23H32N2O3S2/c1-13(2)24-19(28)9-15-20-16(30-21(25-20)14-6-8-29-11-14)10-17-22(15,3)7-5-18(27)23(17,4)12-26/h6,8,11,13,15,17-18,26-27H,5,7,9-10,12H2,1-4H3,(H,24,28). The van der Waals surface area contributed by atoms with E-state index in [-0.39, 0.29) is 35.8 Å². The zero-order chi connectivity index (χ0) is 21.7. The van der Waals surface area contributed by atoms with Crippen LogP contribution in [0.4, 0.5) is 0 Å². The van der Waals surface area contributed by atoms with Gasteiger partial charge in [-0.1, -0.05) is 13.8 Å². The molecular weight excluding hydrogens is 416 g/mol. The number of rotatable bonds is 5. The van der Waals surface area contributed by atoms with Crippen LogP contribution in [-0.2, 0) is 11.2 Å². The topological polar surface area (TPSA) is 82.5 Å². The number of thiophene rings is 1. The van der Waals surface area contributed by atoms with Crippen LogP contribution in [0.2, 0.25) is 0 Å². The normalized spacial score (nSPS) is 33.2. The van der Waals surface area contributed by atoms with Crippen LogP contribution in [0.15, 0.2) is 16.8 Å². The molecule has 0 saturated heterocycles. The van der Waals surface area contributed by atoms with E-state index >= 15 is 0 Å². The van der Waals surface area contributed by atoms with Gasteiger partial charge in [-0.2, -0.15) is 11.3 Å². The monoisotopic (exact) mass is 448 g/mol. The molecule has 0 spiro atoms. The van der Waals surface area contributed by atoms with E-state index in [0.29, 0.717) is 12.8 Å². The van der Waals surface area contributed by atoms with E-state index in [9.17, 15) is 15.0 Å². The zero-order valence-electron chi connectivity index (χ0n) is 18.1. The number of hydrogen-bond acceptors (Lipinski definition) is 6. The predicted molar refractivity (Wildman–Crippen MR) is 122 cm³/mol. The molecule has 5 nitrogen and oxygen atoms in total. The lowest BCUT2D eigenvalue weighted by molar-refractivity contribution is -0.144. The molecule has 2 heterocycles. The highest BCUT2D eigenvalue weighted by Crippen LogP contribution is 2.62. The summed E-state index contributed by atoms with van der Waals surface area (Å²) in [4.78, 5) is 19.1. The average Bonchev–Trinajstić information content (AvgIpc) is 3.35. The minimum absolute atomic E-state index is 0.0213. The van der Waals surface area contributed by atoms with E-state index in [1.807, 2.05) is 20.8 Å². The van der Waals surface area contributed by atoms with Crippen LogP contribution in [0.3, 0.4) is 0 Å². The van der Waals surface area contributed by atoms with Crippen LogP contribution in [-0.4, -0.2) is 39.9 Å². The van der Waals surface area contributed by atoms with Crippen LogP contribution in [0.25, 0.3) is 10.6 Å². The molecule has 0 bridgehead atoms. The van der Waals surface area contributed by atoms with Crippen LogP contribution in [0, 0.1) is 16.7 Å². The van der Waals surface area contributed by atoms with Crippen molar-refractivity contribution in [3.05, 3.63) is 27.4 Å². The molecule has 7 heteroatoms. The number of fused-ring (bicyclic) bond motifs is 2. The summed E-state index contributed by atoms with van der Waals surface area (Å²) < 4.78 is 0. The summed E-state index contributed by atoms with van der Waals surface area (Å²) >= 11 is 3.36. The Morgan fingerprint density at radius 2 is 2.17 bits per heavy atom. The minimum Gasteiger partial charge on any atom is -0.396 e. The Balaban J connectivity index is 1.80. The quantitative estimate of drug-likeness (QED) is 0.640. The third kappa shape index (κ3) is 3.53. The van der Waals surface area contributed by atoms with Crippen molar-refractivity contribution in [1.82, 2.24) is 10.3 Å². The van der Waals surface area contributed by atoms with Crippen LogP contribution in [0.5, 0.6) is 0 Å².